The average Bonchev–Trinajstić information content (AvgIpc) is 2.53. The molecule has 0 aliphatic rings. The number of aliphatic hydroxyl groups is 1. The van der Waals surface area contributed by atoms with Crippen LogP contribution in [0.2, 0.25) is 0 Å². The van der Waals surface area contributed by atoms with E-state index in [0.717, 1.165) is 21.9 Å². The van der Waals surface area contributed by atoms with Crippen LogP contribution in [0.3, 0.4) is 0 Å². The lowest BCUT2D eigenvalue weighted by atomic mass is 10.0. The van der Waals surface area contributed by atoms with Crippen molar-refractivity contribution in [1.29, 1.82) is 0 Å². The van der Waals surface area contributed by atoms with Gasteiger partial charge in [0.2, 0.25) is 0 Å². The number of aromatic hydroxyl groups is 1. The highest BCUT2D eigenvalue weighted by atomic mass is 16.5. The van der Waals surface area contributed by atoms with E-state index in [1.165, 1.54) is 0 Å². The SMILES string of the molecule is OCc1c(OCc2ccc(O)cc2)ccc2ccccc12. The molecular formula is C18H16O3. The smallest absolute Gasteiger partial charge is 0.125 e. The van der Waals surface area contributed by atoms with Crippen LogP contribution >= 0.6 is 0 Å². The molecule has 0 aliphatic heterocycles. The molecule has 0 radical (unpaired) electrons. The van der Waals surface area contributed by atoms with E-state index in [0.29, 0.717) is 12.4 Å². The maximum absolute atomic E-state index is 9.64. The molecule has 0 unspecified atom stereocenters. The van der Waals surface area contributed by atoms with E-state index in [9.17, 15) is 10.2 Å². The lowest BCUT2D eigenvalue weighted by Crippen LogP contribution is -1.99. The first-order chi connectivity index (χ1) is 10.3. The molecule has 0 aliphatic carbocycles. The van der Waals surface area contributed by atoms with Crippen LogP contribution in [-0.4, -0.2) is 10.2 Å². The number of phenolic OH excluding ortho intramolecular Hbond substituents is 1. The second-order valence-corrected chi connectivity index (χ2v) is 4.88. The number of hydrogen-bond donors (Lipinski definition) is 2. The third-order valence-electron chi connectivity index (χ3n) is 3.49. The van der Waals surface area contributed by atoms with Crippen molar-refractivity contribution in [3.8, 4) is 11.5 Å². The van der Waals surface area contributed by atoms with Gasteiger partial charge in [0, 0.05) is 5.56 Å². The summed E-state index contributed by atoms with van der Waals surface area (Å²) >= 11 is 0. The Morgan fingerprint density at radius 3 is 2.38 bits per heavy atom. The summed E-state index contributed by atoms with van der Waals surface area (Å²) in [7, 11) is 0. The van der Waals surface area contributed by atoms with E-state index < -0.39 is 0 Å². The molecule has 0 saturated heterocycles. The summed E-state index contributed by atoms with van der Waals surface area (Å²) in [5.41, 5.74) is 1.76. The summed E-state index contributed by atoms with van der Waals surface area (Å²) in [6.07, 6.45) is 0. The van der Waals surface area contributed by atoms with Gasteiger partial charge in [-0.3, -0.25) is 0 Å². The van der Waals surface area contributed by atoms with Crippen LogP contribution in [0.25, 0.3) is 10.8 Å². The summed E-state index contributed by atoms with van der Waals surface area (Å²) in [5, 5.41) is 21.0. The van der Waals surface area contributed by atoms with Crippen molar-refractivity contribution in [2.75, 3.05) is 0 Å². The van der Waals surface area contributed by atoms with Gasteiger partial charge < -0.3 is 14.9 Å². The third-order valence-corrected chi connectivity index (χ3v) is 3.49. The molecule has 0 heterocycles. The van der Waals surface area contributed by atoms with Crippen LogP contribution in [0.5, 0.6) is 11.5 Å². The minimum absolute atomic E-state index is 0.0632. The van der Waals surface area contributed by atoms with Crippen molar-refractivity contribution < 1.29 is 14.9 Å². The van der Waals surface area contributed by atoms with Gasteiger partial charge in [-0.2, -0.15) is 0 Å². The Labute approximate surface area is 123 Å². The zero-order valence-electron chi connectivity index (χ0n) is 11.5. The van der Waals surface area contributed by atoms with Crippen molar-refractivity contribution in [3.63, 3.8) is 0 Å². The molecule has 0 bridgehead atoms. The minimum Gasteiger partial charge on any atom is -0.508 e. The highest BCUT2D eigenvalue weighted by Crippen LogP contribution is 2.28. The fourth-order valence-corrected chi connectivity index (χ4v) is 2.37. The van der Waals surface area contributed by atoms with E-state index in [4.69, 9.17) is 4.74 Å². The first-order valence-corrected chi connectivity index (χ1v) is 6.80. The zero-order valence-corrected chi connectivity index (χ0v) is 11.5. The van der Waals surface area contributed by atoms with Crippen LogP contribution in [0.4, 0.5) is 0 Å². The molecule has 21 heavy (non-hydrogen) atoms. The monoisotopic (exact) mass is 280 g/mol. The number of fused-ring (bicyclic) bond motifs is 1. The normalized spacial score (nSPS) is 10.7. The number of benzene rings is 3. The Kier molecular flexibility index (Phi) is 3.75. The van der Waals surface area contributed by atoms with Crippen molar-refractivity contribution in [1.82, 2.24) is 0 Å². The molecule has 2 N–H and O–H groups in total. The van der Waals surface area contributed by atoms with Gasteiger partial charge in [0.05, 0.1) is 6.61 Å². The van der Waals surface area contributed by atoms with Crippen LogP contribution < -0.4 is 4.74 Å². The molecule has 0 aromatic heterocycles. The molecular weight excluding hydrogens is 264 g/mol. The highest BCUT2D eigenvalue weighted by Gasteiger charge is 2.08. The van der Waals surface area contributed by atoms with Crippen LogP contribution in [0, 0.1) is 0 Å². The quantitative estimate of drug-likeness (QED) is 0.767. The Hall–Kier alpha value is -2.52. The standard InChI is InChI=1S/C18H16O3/c19-11-17-16-4-2-1-3-14(16)7-10-18(17)21-12-13-5-8-15(20)9-6-13/h1-10,19-20H,11-12H2. The maximum atomic E-state index is 9.64. The predicted molar refractivity (Wildman–Crippen MR) is 82.3 cm³/mol. The number of rotatable bonds is 4. The Morgan fingerprint density at radius 1 is 0.857 bits per heavy atom. The predicted octanol–water partition coefficient (Wildman–Crippen LogP) is 3.62. The van der Waals surface area contributed by atoms with Crippen molar-refractivity contribution in [2.45, 2.75) is 13.2 Å². The topological polar surface area (TPSA) is 49.7 Å². The Bertz CT molecular complexity index is 748. The molecule has 3 nitrogen and oxygen atoms in total. The van der Waals surface area contributed by atoms with Gasteiger partial charge in [0.25, 0.3) is 0 Å². The van der Waals surface area contributed by atoms with E-state index >= 15 is 0 Å². The van der Waals surface area contributed by atoms with Gasteiger partial charge in [0.1, 0.15) is 18.1 Å². The van der Waals surface area contributed by atoms with Gasteiger partial charge in [-0.15, -0.1) is 0 Å². The number of aliphatic hydroxyl groups excluding tert-OH is 1. The zero-order chi connectivity index (χ0) is 14.7. The lowest BCUT2D eigenvalue weighted by molar-refractivity contribution is 0.261. The molecule has 0 atom stereocenters. The summed E-state index contributed by atoms with van der Waals surface area (Å²) in [6.45, 7) is 0.331. The number of phenols is 1. The van der Waals surface area contributed by atoms with Crippen LogP contribution in [0.1, 0.15) is 11.1 Å². The van der Waals surface area contributed by atoms with Crippen LogP contribution in [0.15, 0.2) is 60.7 Å². The Balaban J connectivity index is 1.88. The molecule has 0 amide bonds. The number of ether oxygens (including phenoxy) is 1. The van der Waals surface area contributed by atoms with E-state index in [1.54, 1.807) is 12.1 Å². The molecule has 0 fully saturated rings. The summed E-state index contributed by atoms with van der Waals surface area (Å²) in [4.78, 5) is 0. The van der Waals surface area contributed by atoms with Crippen molar-refractivity contribution >= 4 is 10.8 Å². The Morgan fingerprint density at radius 2 is 1.62 bits per heavy atom. The molecule has 3 rings (SSSR count). The second-order valence-electron chi connectivity index (χ2n) is 4.88. The lowest BCUT2D eigenvalue weighted by Gasteiger charge is -2.13. The molecule has 0 saturated carbocycles. The van der Waals surface area contributed by atoms with Gasteiger partial charge in [0.15, 0.2) is 0 Å². The summed E-state index contributed by atoms with van der Waals surface area (Å²) < 4.78 is 5.82. The van der Waals surface area contributed by atoms with Gasteiger partial charge >= 0.3 is 0 Å². The fraction of sp³-hybridized carbons (Fsp3) is 0.111. The molecule has 3 aromatic rings. The first-order valence-electron chi connectivity index (χ1n) is 6.80. The fourth-order valence-electron chi connectivity index (χ4n) is 2.37. The highest BCUT2D eigenvalue weighted by molar-refractivity contribution is 5.87. The van der Waals surface area contributed by atoms with Crippen molar-refractivity contribution in [2.24, 2.45) is 0 Å². The minimum atomic E-state index is -0.0632. The van der Waals surface area contributed by atoms with Gasteiger partial charge in [-0.25, -0.2) is 0 Å². The third kappa shape index (κ3) is 2.83. The molecule has 3 heteroatoms. The molecule has 0 spiro atoms. The maximum Gasteiger partial charge on any atom is 0.125 e. The average molecular weight is 280 g/mol. The molecule has 106 valence electrons. The van der Waals surface area contributed by atoms with E-state index in [1.807, 2.05) is 48.5 Å². The van der Waals surface area contributed by atoms with E-state index in [2.05, 4.69) is 0 Å². The summed E-state index contributed by atoms with van der Waals surface area (Å²) in [6, 6.07) is 18.7. The molecule has 3 aromatic carbocycles. The van der Waals surface area contributed by atoms with Gasteiger partial charge in [-0.1, -0.05) is 42.5 Å². The van der Waals surface area contributed by atoms with Crippen molar-refractivity contribution in [3.05, 3.63) is 71.8 Å². The largest absolute Gasteiger partial charge is 0.508 e. The van der Waals surface area contributed by atoms with Crippen LogP contribution in [-0.2, 0) is 13.2 Å². The van der Waals surface area contributed by atoms with E-state index in [-0.39, 0.29) is 12.4 Å². The number of hydrogen-bond acceptors (Lipinski definition) is 3. The summed E-state index contributed by atoms with van der Waals surface area (Å²) in [5.74, 6) is 0.921. The van der Waals surface area contributed by atoms with Gasteiger partial charge in [-0.05, 0) is 34.5 Å². The second kappa shape index (κ2) is 5.85. The first kappa shape index (κ1) is 13.5.